The largest absolute Gasteiger partial charge is 0.466 e. The predicted octanol–water partition coefficient (Wildman–Crippen LogP) is 2.54. The Kier molecular flexibility index (Phi) is 4.54. The van der Waals surface area contributed by atoms with Crippen molar-refractivity contribution in [2.75, 3.05) is 13.2 Å². The summed E-state index contributed by atoms with van der Waals surface area (Å²) in [7, 11) is -3.54. The van der Waals surface area contributed by atoms with Gasteiger partial charge >= 0.3 is 7.60 Å². The first-order valence-corrected chi connectivity index (χ1v) is 6.35. The van der Waals surface area contributed by atoms with E-state index in [4.69, 9.17) is 13.5 Å². The minimum Gasteiger partial charge on any atom is -0.466 e. The van der Waals surface area contributed by atoms with Crippen LogP contribution in [0, 0.1) is 0 Å². The fourth-order valence-corrected chi connectivity index (χ4v) is 2.67. The summed E-state index contributed by atoms with van der Waals surface area (Å²) < 4.78 is 27.0. The van der Waals surface area contributed by atoms with Gasteiger partial charge in [0.1, 0.15) is 5.76 Å². The molecule has 0 unspecified atom stereocenters. The third kappa shape index (κ3) is 2.92. The van der Waals surface area contributed by atoms with Gasteiger partial charge < -0.3 is 18.6 Å². The predicted molar refractivity (Wildman–Crippen MR) is 54.5 cm³/mol. The Hall–Kier alpha value is -0.610. The Morgan fingerprint density at radius 1 is 1.47 bits per heavy atom. The van der Waals surface area contributed by atoms with Gasteiger partial charge in [0, 0.05) is 0 Å². The third-order valence-corrected chi connectivity index (χ3v) is 3.81. The highest BCUT2D eigenvalue weighted by Gasteiger charge is 2.37. The first-order valence-electron chi connectivity index (χ1n) is 4.74. The maximum Gasteiger partial charge on any atom is 0.366 e. The van der Waals surface area contributed by atoms with Crippen molar-refractivity contribution in [2.24, 2.45) is 0 Å². The van der Waals surface area contributed by atoms with E-state index in [0.29, 0.717) is 0 Å². The smallest absolute Gasteiger partial charge is 0.366 e. The van der Waals surface area contributed by atoms with Crippen LogP contribution >= 0.6 is 7.60 Å². The molecule has 0 fully saturated rings. The van der Waals surface area contributed by atoms with E-state index in [0.717, 1.165) is 0 Å². The average molecular weight is 234 g/mol. The molecule has 1 aromatic heterocycles. The van der Waals surface area contributed by atoms with Gasteiger partial charge in [0.15, 0.2) is 0 Å². The molecule has 0 saturated carbocycles. The normalized spacial score (nSPS) is 14.1. The first kappa shape index (κ1) is 12.5. The summed E-state index contributed by atoms with van der Waals surface area (Å²) in [5, 5.41) is 9.78. The zero-order valence-corrected chi connectivity index (χ0v) is 9.65. The molecule has 0 aromatic carbocycles. The number of hydrogen-bond acceptors (Lipinski definition) is 5. The summed E-state index contributed by atoms with van der Waals surface area (Å²) in [6.45, 7) is 3.77. The highest BCUT2D eigenvalue weighted by Crippen LogP contribution is 2.59. The Balaban J connectivity index is 2.84. The van der Waals surface area contributed by atoms with E-state index in [1.807, 2.05) is 0 Å². The molecule has 0 saturated heterocycles. The Labute approximate surface area is 88.5 Å². The second-order valence-electron chi connectivity index (χ2n) is 2.76. The molecule has 6 heteroatoms. The Morgan fingerprint density at radius 3 is 2.47 bits per heavy atom. The van der Waals surface area contributed by atoms with Gasteiger partial charge in [-0.25, -0.2) is 0 Å². The molecule has 15 heavy (non-hydrogen) atoms. The lowest BCUT2D eigenvalue weighted by Gasteiger charge is -2.20. The molecule has 86 valence electrons. The van der Waals surface area contributed by atoms with Crippen molar-refractivity contribution in [2.45, 2.75) is 19.7 Å². The lowest BCUT2D eigenvalue weighted by Crippen LogP contribution is -2.05. The quantitative estimate of drug-likeness (QED) is 0.766. The van der Waals surface area contributed by atoms with E-state index < -0.39 is 13.4 Å². The molecule has 0 aliphatic heterocycles. The summed E-state index contributed by atoms with van der Waals surface area (Å²) in [4.78, 5) is 0. The number of furan rings is 1. The van der Waals surface area contributed by atoms with Gasteiger partial charge in [-0.15, -0.1) is 0 Å². The van der Waals surface area contributed by atoms with Crippen LogP contribution in [-0.2, 0) is 13.6 Å². The van der Waals surface area contributed by atoms with E-state index >= 15 is 0 Å². The van der Waals surface area contributed by atoms with E-state index in [9.17, 15) is 9.67 Å². The molecule has 0 spiro atoms. The van der Waals surface area contributed by atoms with Crippen LogP contribution in [0.15, 0.2) is 22.8 Å². The van der Waals surface area contributed by atoms with Gasteiger partial charge in [0.05, 0.1) is 19.5 Å². The Morgan fingerprint density at radius 2 is 2.07 bits per heavy atom. The molecule has 0 aliphatic rings. The van der Waals surface area contributed by atoms with Gasteiger partial charge in [-0.1, -0.05) is 0 Å². The van der Waals surface area contributed by atoms with Gasteiger partial charge in [-0.05, 0) is 26.0 Å². The van der Waals surface area contributed by atoms with Crippen LogP contribution in [0.25, 0.3) is 0 Å². The molecular formula is C9H15O5P. The van der Waals surface area contributed by atoms with Gasteiger partial charge in [-0.2, -0.15) is 0 Å². The van der Waals surface area contributed by atoms with Gasteiger partial charge in [-0.3, -0.25) is 4.57 Å². The van der Waals surface area contributed by atoms with E-state index in [-0.39, 0.29) is 19.0 Å². The minimum atomic E-state index is -3.54. The van der Waals surface area contributed by atoms with Crippen LogP contribution < -0.4 is 0 Å². The lowest BCUT2D eigenvalue weighted by atomic mass is 10.5. The molecule has 1 heterocycles. The van der Waals surface area contributed by atoms with E-state index in [2.05, 4.69) is 0 Å². The molecule has 1 atom stereocenters. The molecular weight excluding hydrogens is 219 g/mol. The molecule has 1 N–H and O–H groups in total. The van der Waals surface area contributed by atoms with Gasteiger partial charge in [0.2, 0.25) is 5.85 Å². The fraction of sp³-hybridized carbons (Fsp3) is 0.556. The topological polar surface area (TPSA) is 68.9 Å². The third-order valence-electron chi connectivity index (χ3n) is 1.72. The van der Waals surface area contributed by atoms with Crippen LogP contribution in [0.4, 0.5) is 0 Å². The lowest BCUT2D eigenvalue weighted by molar-refractivity contribution is 0.137. The molecule has 1 rings (SSSR count). The van der Waals surface area contributed by atoms with Crippen LogP contribution in [0.1, 0.15) is 25.5 Å². The Bertz CT molecular complexity index is 311. The second-order valence-corrected chi connectivity index (χ2v) is 4.85. The van der Waals surface area contributed by atoms with Crippen molar-refractivity contribution in [3.63, 3.8) is 0 Å². The molecule has 5 nitrogen and oxygen atoms in total. The first-order chi connectivity index (χ1) is 7.14. The van der Waals surface area contributed by atoms with Crippen LogP contribution in [0.2, 0.25) is 0 Å². The summed E-state index contributed by atoms with van der Waals surface area (Å²) >= 11 is 0. The average Bonchev–Trinajstić information content (AvgIpc) is 2.70. The highest BCUT2D eigenvalue weighted by molar-refractivity contribution is 7.54. The molecule has 0 aliphatic carbocycles. The number of aliphatic hydroxyl groups is 1. The zero-order valence-electron chi connectivity index (χ0n) is 8.75. The van der Waals surface area contributed by atoms with Crippen molar-refractivity contribution in [1.29, 1.82) is 0 Å². The van der Waals surface area contributed by atoms with Crippen LogP contribution in [0.5, 0.6) is 0 Å². The summed E-state index contributed by atoms with van der Waals surface area (Å²) in [5.41, 5.74) is 0. The van der Waals surface area contributed by atoms with Crippen molar-refractivity contribution in [3.8, 4) is 0 Å². The van der Waals surface area contributed by atoms with Crippen LogP contribution in [0.3, 0.4) is 0 Å². The van der Waals surface area contributed by atoms with Crippen molar-refractivity contribution < 1.29 is 23.1 Å². The maximum atomic E-state index is 12.1. The van der Waals surface area contributed by atoms with E-state index in [1.54, 1.807) is 19.9 Å². The summed E-state index contributed by atoms with van der Waals surface area (Å²) in [6.07, 6.45) is 1.39. The van der Waals surface area contributed by atoms with Crippen molar-refractivity contribution in [3.05, 3.63) is 24.2 Å². The number of aliphatic hydroxyl groups excluding tert-OH is 1. The maximum absolute atomic E-state index is 12.1. The van der Waals surface area contributed by atoms with E-state index in [1.165, 1.54) is 12.3 Å². The molecule has 1 aromatic rings. The fourth-order valence-electron chi connectivity index (χ4n) is 1.13. The standard InChI is InChI=1S/C9H15O5P/c1-3-13-15(11,14-4-2)9(10)8-6-5-7-12-8/h5-7,9-10H,3-4H2,1-2H3/t9-/m0/s1. The molecule has 0 bridgehead atoms. The number of hydrogen-bond donors (Lipinski definition) is 1. The van der Waals surface area contributed by atoms with Crippen molar-refractivity contribution in [1.82, 2.24) is 0 Å². The van der Waals surface area contributed by atoms with Gasteiger partial charge in [0.25, 0.3) is 0 Å². The minimum absolute atomic E-state index is 0.181. The zero-order chi connectivity index (χ0) is 11.3. The number of rotatable bonds is 6. The monoisotopic (exact) mass is 234 g/mol. The summed E-state index contributed by atoms with van der Waals surface area (Å²) in [6, 6.07) is 3.12. The van der Waals surface area contributed by atoms with Crippen LogP contribution in [-0.4, -0.2) is 18.3 Å². The molecule has 0 amide bonds. The SMILES string of the molecule is CCOP(=O)(OCC)[C@H](O)c1ccco1. The summed E-state index contributed by atoms with van der Waals surface area (Å²) in [5.74, 6) is -1.19. The second kappa shape index (κ2) is 5.47. The van der Waals surface area contributed by atoms with Crippen molar-refractivity contribution >= 4 is 7.60 Å². The molecule has 0 radical (unpaired) electrons. The highest BCUT2D eigenvalue weighted by atomic mass is 31.2.